The second-order valence-corrected chi connectivity index (χ2v) is 2.02. The predicted octanol–water partition coefficient (Wildman–Crippen LogP) is 2.04. The van der Waals surface area contributed by atoms with Crippen LogP contribution in [0.15, 0.2) is 24.3 Å². The van der Waals surface area contributed by atoms with Gasteiger partial charge < -0.3 is 0 Å². The van der Waals surface area contributed by atoms with E-state index in [1.807, 2.05) is 0 Å². The normalized spacial score (nSPS) is 9.55. The summed E-state index contributed by atoms with van der Waals surface area (Å²) in [6.07, 6.45) is 2.74. The first-order valence-electron chi connectivity index (χ1n) is 3.17. The Bertz CT molecular complexity index is 271. The summed E-state index contributed by atoms with van der Waals surface area (Å²) >= 11 is 0. The Morgan fingerprint density at radius 1 is 1.45 bits per heavy atom. The Hall–Kier alpha value is -1.38. The van der Waals surface area contributed by atoms with Crippen molar-refractivity contribution in [3.8, 4) is 0 Å². The first-order chi connectivity index (χ1) is 5.25. The molecule has 0 aliphatic carbocycles. The van der Waals surface area contributed by atoms with Crippen LogP contribution >= 0.6 is 0 Å². The SMILES string of the molecule is C[C]c1ccccc1[N+](=O)[O-]. The predicted molar refractivity (Wildman–Crippen MR) is 41.1 cm³/mol. The van der Waals surface area contributed by atoms with Gasteiger partial charge in [0.25, 0.3) is 5.69 Å². The monoisotopic (exact) mass is 149 g/mol. The van der Waals surface area contributed by atoms with E-state index >= 15 is 0 Å². The molecule has 0 aliphatic rings. The highest BCUT2D eigenvalue weighted by Crippen LogP contribution is 2.18. The summed E-state index contributed by atoms with van der Waals surface area (Å²) in [5, 5.41) is 10.3. The van der Waals surface area contributed by atoms with Gasteiger partial charge in [0.1, 0.15) is 0 Å². The lowest BCUT2D eigenvalue weighted by molar-refractivity contribution is -0.385. The molecule has 0 unspecified atom stereocenters. The number of nitro groups is 1. The molecule has 0 aliphatic heterocycles. The summed E-state index contributed by atoms with van der Waals surface area (Å²) in [4.78, 5) is 9.94. The molecular formula is C8H7NO2. The highest BCUT2D eigenvalue weighted by molar-refractivity contribution is 5.43. The maximum atomic E-state index is 10.3. The minimum Gasteiger partial charge on any atom is -0.258 e. The van der Waals surface area contributed by atoms with E-state index in [0.29, 0.717) is 5.56 Å². The molecule has 0 fully saturated rings. The minimum absolute atomic E-state index is 0.106. The molecule has 1 rings (SSSR count). The van der Waals surface area contributed by atoms with Gasteiger partial charge in [-0.2, -0.15) is 0 Å². The van der Waals surface area contributed by atoms with Crippen LogP contribution in [0.1, 0.15) is 12.5 Å². The molecular weight excluding hydrogens is 142 g/mol. The fourth-order valence-electron chi connectivity index (χ4n) is 0.844. The van der Waals surface area contributed by atoms with E-state index in [1.54, 1.807) is 25.1 Å². The molecule has 56 valence electrons. The lowest BCUT2D eigenvalue weighted by atomic mass is 10.1. The maximum absolute atomic E-state index is 10.3. The van der Waals surface area contributed by atoms with Crippen LogP contribution in [0.2, 0.25) is 0 Å². The Balaban J connectivity index is 3.12. The largest absolute Gasteiger partial charge is 0.273 e. The van der Waals surface area contributed by atoms with Crippen molar-refractivity contribution < 1.29 is 4.92 Å². The number of nitrogens with zero attached hydrogens (tertiary/aromatic N) is 1. The van der Waals surface area contributed by atoms with Crippen molar-refractivity contribution in [3.05, 3.63) is 46.4 Å². The second kappa shape index (κ2) is 3.14. The van der Waals surface area contributed by atoms with E-state index in [2.05, 4.69) is 6.42 Å². The Labute approximate surface area is 64.8 Å². The lowest BCUT2D eigenvalue weighted by Gasteiger charge is -1.95. The van der Waals surface area contributed by atoms with E-state index in [0.717, 1.165) is 0 Å². The molecule has 0 atom stereocenters. The summed E-state index contributed by atoms with van der Waals surface area (Å²) in [6, 6.07) is 6.52. The summed E-state index contributed by atoms with van der Waals surface area (Å²) in [7, 11) is 0. The Morgan fingerprint density at radius 3 is 2.55 bits per heavy atom. The number of hydrogen-bond donors (Lipinski definition) is 0. The fraction of sp³-hybridized carbons (Fsp3) is 0.125. The standard InChI is InChI=1S/C8H7NO2/c1-2-7-5-3-4-6-8(7)9(10)11/h3-6H,1H3. The van der Waals surface area contributed by atoms with Crippen LogP contribution < -0.4 is 0 Å². The van der Waals surface area contributed by atoms with E-state index in [-0.39, 0.29) is 5.69 Å². The summed E-state index contributed by atoms with van der Waals surface area (Å²) in [5.74, 6) is 0. The van der Waals surface area contributed by atoms with Crippen molar-refractivity contribution in [3.63, 3.8) is 0 Å². The number of nitro benzene ring substituents is 1. The van der Waals surface area contributed by atoms with Gasteiger partial charge in [0.15, 0.2) is 0 Å². The molecule has 11 heavy (non-hydrogen) atoms. The van der Waals surface area contributed by atoms with Crippen LogP contribution in [-0.2, 0) is 0 Å². The highest BCUT2D eigenvalue weighted by Gasteiger charge is 2.09. The van der Waals surface area contributed by atoms with Crippen LogP contribution in [0.5, 0.6) is 0 Å². The minimum atomic E-state index is -0.411. The van der Waals surface area contributed by atoms with E-state index in [4.69, 9.17) is 0 Å². The third kappa shape index (κ3) is 1.55. The molecule has 1 aromatic carbocycles. The molecule has 1 aromatic rings. The number of para-hydroxylation sites is 1. The number of benzene rings is 1. The van der Waals surface area contributed by atoms with Crippen LogP contribution in [-0.4, -0.2) is 4.92 Å². The highest BCUT2D eigenvalue weighted by atomic mass is 16.6. The van der Waals surface area contributed by atoms with Crippen LogP contribution in [0.3, 0.4) is 0 Å². The molecule has 0 N–H and O–H groups in total. The summed E-state index contributed by atoms with van der Waals surface area (Å²) < 4.78 is 0. The molecule has 3 nitrogen and oxygen atoms in total. The fourth-order valence-corrected chi connectivity index (χ4v) is 0.844. The van der Waals surface area contributed by atoms with Crippen LogP contribution in [0, 0.1) is 16.5 Å². The molecule has 0 amide bonds. The van der Waals surface area contributed by atoms with Gasteiger partial charge in [-0.1, -0.05) is 25.1 Å². The van der Waals surface area contributed by atoms with Crippen molar-refractivity contribution in [2.75, 3.05) is 0 Å². The van der Waals surface area contributed by atoms with Gasteiger partial charge in [0.2, 0.25) is 0 Å². The van der Waals surface area contributed by atoms with Crippen molar-refractivity contribution in [2.45, 2.75) is 6.92 Å². The number of rotatable bonds is 2. The van der Waals surface area contributed by atoms with Gasteiger partial charge in [-0.3, -0.25) is 10.1 Å². The zero-order valence-electron chi connectivity index (χ0n) is 6.07. The number of hydrogen-bond acceptors (Lipinski definition) is 2. The summed E-state index contributed by atoms with van der Waals surface area (Å²) in [6.45, 7) is 1.66. The van der Waals surface area contributed by atoms with E-state index in [9.17, 15) is 10.1 Å². The molecule has 0 heterocycles. The molecule has 0 saturated carbocycles. The molecule has 0 saturated heterocycles. The van der Waals surface area contributed by atoms with Gasteiger partial charge in [-0.25, -0.2) is 0 Å². The summed E-state index contributed by atoms with van der Waals surface area (Å²) in [5.41, 5.74) is 0.646. The molecule has 3 heteroatoms. The molecule has 0 aromatic heterocycles. The van der Waals surface area contributed by atoms with Crippen molar-refractivity contribution in [1.29, 1.82) is 0 Å². The zero-order valence-corrected chi connectivity index (χ0v) is 6.07. The van der Waals surface area contributed by atoms with Crippen molar-refractivity contribution in [1.82, 2.24) is 0 Å². The molecule has 2 radical (unpaired) electrons. The third-order valence-corrected chi connectivity index (χ3v) is 1.37. The van der Waals surface area contributed by atoms with Crippen molar-refractivity contribution >= 4 is 5.69 Å². The van der Waals surface area contributed by atoms with E-state index < -0.39 is 4.92 Å². The Kier molecular flexibility index (Phi) is 2.21. The topological polar surface area (TPSA) is 43.1 Å². The smallest absolute Gasteiger partial charge is 0.258 e. The second-order valence-electron chi connectivity index (χ2n) is 2.02. The Morgan fingerprint density at radius 2 is 2.09 bits per heavy atom. The van der Waals surface area contributed by atoms with Crippen molar-refractivity contribution in [2.24, 2.45) is 0 Å². The van der Waals surface area contributed by atoms with Crippen LogP contribution in [0.4, 0.5) is 5.69 Å². The van der Waals surface area contributed by atoms with Gasteiger partial charge in [0, 0.05) is 18.1 Å². The van der Waals surface area contributed by atoms with E-state index in [1.165, 1.54) is 6.07 Å². The average Bonchev–Trinajstić information content (AvgIpc) is 2.04. The maximum Gasteiger partial charge on any atom is 0.273 e. The zero-order chi connectivity index (χ0) is 8.27. The van der Waals surface area contributed by atoms with Gasteiger partial charge >= 0.3 is 0 Å². The van der Waals surface area contributed by atoms with Gasteiger partial charge in [-0.05, 0) is 0 Å². The van der Waals surface area contributed by atoms with Crippen LogP contribution in [0.25, 0.3) is 0 Å². The quantitative estimate of drug-likeness (QED) is 0.477. The van der Waals surface area contributed by atoms with Gasteiger partial charge in [-0.15, -0.1) is 0 Å². The lowest BCUT2D eigenvalue weighted by Crippen LogP contribution is -1.91. The first kappa shape index (κ1) is 7.72. The van der Waals surface area contributed by atoms with Gasteiger partial charge in [0.05, 0.1) is 4.92 Å². The molecule has 0 bridgehead atoms. The molecule has 0 spiro atoms. The average molecular weight is 149 g/mol. The first-order valence-corrected chi connectivity index (χ1v) is 3.17. The third-order valence-electron chi connectivity index (χ3n) is 1.37.